The number of amides is 1. The highest BCUT2D eigenvalue weighted by Crippen LogP contribution is 2.27. The number of carbonyl (C=O) groups is 1. The molecule has 0 saturated heterocycles. The Morgan fingerprint density at radius 1 is 1.22 bits per heavy atom. The molecule has 2 aromatic rings. The lowest BCUT2D eigenvalue weighted by Gasteiger charge is -2.11. The molecular formula is C17H22N4O2. The molecule has 0 spiro atoms. The molecule has 6 heteroatoms. The first-order chi connectivity index (χ1) is 11.1. The van der Waals surface area contributed by atoms with Gasteiger partial charge >= 0.3 is 0 Å². The number of hydrogen-bond acceptors (Lipinski definition) is 5. The Hall–Kier alpha value is -2.63. The van der Waals surface area contributed by atoms with E-state index >= 15 is 0 Å². The van der Waals surface area contributed by atoms with Crippen molar-refractivity contribution in [3.8, 4) is 5.75 Å². The Kier molecular flexibility index (Phi) is 5.91. The van der Waals surface area contributed by atoms with E-state index in [9.17, 15) is 4.79 Å². The maximum absolute atomic E-state index is 11.9. The summed E-state index contributed by atoms with van der Waals surface area (Å²) in [5, 5.41) is 14.0. The van der Waals surface area contributed by atoms with Crippen LogP contribution in [0.2, 0.25) is 0 Å². The number of nitrogens with zero attached hydrogens (tertiary/aromatic N) is 2. The summed E-state index contributed by atoms with van der Waals surface area (Å²) in [4.78, 5) is 11.9. The second-order valence-corrected chi connectivity index (χ2v) is 5.24. The van der Waals surface area contributed by atoms with Gasteiger partial charge < -0.3 is 15.4 Å². The van der Waals surface area contributed by atoms with Crippen LogP contribution in [0.15, 0.2) is 30.3 Å². The number of benzene rings is 1. The van der Waals surface area contributed by atoms with Gasteiger partial charge in [-0.15, -0.1) is 10.2 Å². The molecule has 1 amide bonds. The van der Waals surface area contributed by atoms with Gasteiger partial charge in [0, 0.05) is 6.54 Å². The zero-order valence-corrected chi connectivity index (χ0v) is 13.7. The van der Waals surface area contributed by atoms with Gasteiger partial charge in [-0.25, -0.2) is 0 Å². The zero-order valence-electron chi connectivity index (χ0n) is 13.7. The summed E-state index contributed by atoms with van der Waals surface area (Å²) in [5.41, 5.74) is 2.22. The fourth-order valence-corrected chi connectivity index (χ4v) is 2.05. The van der Waals surface area contributed by atoms with Gasteiger partial charge in [-0.1, -0.05) is 19.4 Å². The molecule has 6 nitrogen and oxygen atoms in total. The molecule has 0 saturated carbocycles. The molecule has 0 aliphatic heterocycles. The van der Waals surface area contributed by atoms with Gasteiger partial charge in [-0.3, -0.25) is 4.79 Å². The van der Waals surface area contributed by atoms with Crippen molar-refractivity contribution in [1.29, 1.82) is 0 Å². The fourth-order valence-electron chi connectivity index (χ4n) is 2.05. The topological polar surface area (TPSA) is 76.1 Å². The van der Waals surface area contributed by atoms with E-state index in [0.717, 1.165) is 29.8 Å². The van der Waals surface area contributed by atoms with Crippen LogP contribution in [-0.2, 0) is 0 Å². The minimum Gasteiger partial charge on any atom is -0.495 e. The van der Waals surface area contributed by atoms with E-state index in [-0.39, 0.29) is 5.91 Å². The molecule has 2 N–H and O–H groups in total. The summed E-state index contributed by atoms with van der Waals surface area (Å²) >= 11 is 0. The monoisotopic (exact) mass is 314 g/mol. The molecule has 0 atom stereocenters. The number of hydrogen-bond donors (Lipinski definition) is 2. The fraction of sp³-hybridized carbons (Fsp3) is 0.353. The molecule has 2 rings (SSSR count). The van der Waals surface area contributed by atoms with E-state index < -0.39 is 0 Å². The van der Waals surface area contributed by atoms with Crippen LogP contribution in [0.4, 0.5) is 11.5 Å². The summed E-state index contributed by atoms with van der Waals surface area (Å²) in [6, 6.07) is 9.20. The molecule has 122 valence electrons. The molecule has 0 fully saturated rings. The van der Waals surface area contributed by atoms with E-state index in [1.807, 2.05) is 25.1 Å². The van der Waals surface area contributed by atoms with Crippen LogP contribution in [-0.4, -0.2) is 29.8 Å². The Balaban J connectivity index is 2.05. The Bertz CT molecular complexity index is 656. The Labute approximate surface area is 136 Å². The van der Waals surface area contributed by atoms with E-state index in [2.05, 4.69) is 27.8 Å². The largest absolute Gasteiger partial charge is 0.495 e. The van der Waals surface area contributed by atoms with Gasteiger partial charge in [0.15, 0.2) is 11.5 Å². The van der Waals surface area contributed by atoms with Crippen molar-refractivity contribution in [3.63, 3.8) is 0 Å². The summed E-state index contributed by atoms with van der Waals surface area (Å²) in [5.74, 6) is 1.07. The van der Waals surface area contributed by atoms with Crippen LogP contribution in [0.25, 0.3) is 0 Å². The number of unbranched alkanes of at least 4 members (excludes halogenated alkanes) is 1. The third-order valence-electron chi connectivity index (χ3n) is 3.33. The van der Waals surface area contributed by atoms with Crippen molar-refractivity contribution in [2.45, 2.75) is 26.7 Å². The van der Waals surface area contributed by atoms with Gasteiger partial charge in [0.1, 0.15) is 5.75 Å². The summed E-state index contributed by atoms with van der Waals surface area (Å²) in [6.45, 7) is 4.73. The van der Waals surface area contributed by atoms with Gasteiger partial charge in [-0.2, -0.15) is 0 Å². The molecule has 0 radical (unpaired) electrons. The highest BCUT2D eigenvalue weighted by Gasteiger charge is 2.09. The number of methoxy groups -OCH3 is 1. The van der Waals surface area contributed by atoms with Crippen molar-refractivity contribution in [2.75, 3.05) is 19.0 Å². The quantitative estimate of drug-likeness (QED) is 0.768. The lowest BCUT2D eigenvalue weighted by molar-refractivity contribution is 0.0947. The SMILES string of the molecule is CCCCNC(=O)c1ccc(Nc2cc(C)ccc2OC)nn1. The third kappa shape index (κ3) is 4.67. The molecule has 1 aromatic heterocycles. The predicted octanol–water partition coefficient (Wildman–Crippen LogP) is 3.07. The predicted molar refractivity (Wildman–Crippen MR) is 90.3 cm³/mol. The normalized spacial score (nSPS) is 10.2. The standard InChI is InChI=1S/C17H22N4O2/c1-4-5-10-18-17(22)13-7-9-16(21-20-13)19-14-11-12(2)6-8-15(14)23-3/h6-9,11H,4-5,10H2,1-3H3,(H,18,22)(H,19,21). The van der Waals surface area contributed by atoms with Crippen LogP contribution in [0, 0.1) is 6.92 Å². The molecule has 0 bridgehead atoms. The van der Waals surface area contributed by atoms with Gasteiger partial charge in [-0.05, 0) is 43.2 Å². The highest BCUT2D eigenvalue weighted by molar-refractivity contribution is 5.92. The summed E-state index contributed by atoms with van der Waals surface area (Å²) in [7, 11) is 1.62. The molecular weight excluding hydrogens is 292 g/mol. The third-order valence-corrected chi connectivity index (χ3v) is 3.33. The van der Waals surface area contributed by atoms with E-state index in [4.69, 9.17) is 4.74 Å². The van der Waals surface area contributed by atoms with Crippen LogP contribution < -0.4 is 15.4 Å². The van der Waals surface area contributed by atoms with Crippen LogP contribution in [0.5, 0.6) is 5.75 Å². The van der Waals surface area contributed by atoms with Crippen molar-refractivity contribution in [2.24, 2.45) is 0 Å². The summed E-state index contributed by atoms with van der Waals surface area (Å²) in [6.07, 6.45) is 1.99. The minimum atomic E-state index is -0.203. The number of nitrogens with one attached hydrogen (secondary N) is 2. The van der Waals surface area contributed by atoms with Crippen LogP contribution >= 0.6 is 0 Å². The average molecular weight is 314 g/mol. The minimum absolute atomic E-state index is 0.203. The van der Waals surface area contributed by atoms with Crippen molar-refractivity contribution < 1.29 is 9.53 Å². The van der Waals surface area contributed by atoms with Crippen molar-refractivity contribution in [1.82, 2.24) is 15.5 Å². The first kappa shape index (κ1) is 16.7. The van der Waals surface area contributed by atoms with Crippen LogP contribution in [0.3, 0.4) is 0 Å². The van der Waals surface area contributed by atoms with Crippen LogP contribution in [0.1, 0.15) is 35.8 Å². The maximum atomic E-state index is 11.9. The average Bonchev–Trinajstić information content (AvgIpc) is 2.56. The van der Waals surface area contributed by atoms with E-state index in [0.29, 0.717) is 18.1 Å². The lowest BCUT2D eigenvalue weighted by Crippen LogP contribution is -2.25. The zero-order chi connectivity index (χ0) is 16.7. The first-order valence-corrected chi connectivity index (χ1v) is 7.67. The Morgan fingerprint density at radius 2 is 2.04 bits per heavy atom. The summed E-state index contributed by atoms with van der Waals surface area (Å²) < 4.78 is 5.31. The number of aromatic nitrogens is 2. The smallest absolute Gasteiger partial charge is 0.271 e. The van der Waals surface area contributed by atoms with E-state index in [1.165, 1.54) is 0 Å². The molecule has 0 aliphatic carbocycles. The van der Waals surface area contributed by atoms with Gasteiger partial charge in [0.25, 0.3) is 5.91 Å². The second kappa shape index (κ2) is 8.12. The molecule has 1 aromatic carbocycles. The highest BCUT2D eigenvalue weighted by atomic mass is 16.5. The number of carbonyl (C=O) groups excluding carboxylic acids is 1. The molecule has 0 unspecified atom stereocenters. The number of aryl methyl sites for hydroxylation is 1. The number of anilines is 2. The van der Waals surface area contributed by atoms with Gasteiger partial charge in [0.2, 0.25) is 0 Å². The second-order valence-electron chi connectivity index (χ2n) is 5.24. The van der Waals surface area contributed by atoms with E-state index in [1.54, 1.807) is 19.2 Å². The molecule has 1 heterocycles. The van der Waals surface area contributed by atoms with Crippen molar-refractivity contribution >= 4 is 17.4 Å². The first-order valence-electron chi connectivity index (χ1n) is 7.67. The number of rotatable bonds is 7. The molecule has 23 heavy (non-hydrogen) atoms. The maximum Gasteiger partial charge on any atom is 0.271 e. The Morgan fingerprint density at radius 3 is 2.70 bits per heavy atom. The molecule has 0 aliphatic rings. The van der Waals surface area contributed by atoms with Gasteiger partial charge in [0.05, 0.1) is 12.8 Å². The van der Waals surface area contributed by atoms with Crippen molar-refractivity contribution in [3.05, 3.63) is 41.6 Å². The lowest BCUT2D eigenvalue weighted by atomic mass is 10.2. The number of ether oxygens (including phenoxy) is 1.